The van der Waals surface area contributed by atoms with Gasteiger partial charge in [-0.2, -0.15) is 0 Å². The molecule has 0 aromatic heterocycles. The summed E-state index contributed by atoms with van der Waals surface area (Å²) in [6.07, 6.45) is 1.53. The number of phenols is 1. The Morgan fingerprint density at radius 2 is 1.82 bits per heavy atom. The van der Waals surface area contributed by atoms with Crippen molar-refractivity contribution in [3.63, 3.8) is 0 Å². The molecule has 0 aliphatic rings. The zero-order valence-electron chi connectivity index (χ0n) is 9.65. The first-order chi connectivity index (χ1) is 8.02. The smallest absolute Gasteiger partial charge is 0.267 e. The van der Waals surface area contributed by atoms with Crippen LogP contribution in [0.25, 0.3) is 6.08 Å². The first-order valence-corrected chi connectivity index (χ1v) is 5.03. The molecule has 0 atom stereocenters. The molecule has 5 heteroatoms. The summed E-state index contributed by atoms with van der Waals surface area (Å²) in [6, 6.07) is 6.28. The zero-order valence-corrected chi connectivity index (χ0v) is 9.65. The van der Waals surface area contributed by atoms with Crippen LogP contribution in [0.2, 0.25) is 0 Å². The van der Waals surface area contributed by atoms with Crippen molar-refractivity contribution in [3.05, 3.63) is 35.5 Å². The average molecular weight is 234 g/mol. The maximum atomic E-state index is 11.5. The third-order valence-electron chi connectivity index (χ3n) is 1.99. The van der Waals surface area contributed by atoms with Gasteiger partial charge in [-0.15, -0.1) is 0 Å². The Labute approximate surface area is 99.1 Å². The number of nitrogens with one attached hydrogen (secondary N) is 2. The highest BCUT2D eigenvalue weighted by Crippen LogP contribution is 2.12. The lowest BCUT2D eigenvalue weighted by Crippen LogP contribution is -2.31. The van der Waals surface area contributed by atoms with Gasteiger partial charge < -0.3 is 15.7 Å². The van der Waals surface area contributed by atoms with Crippen LogP contribution in [0.1, 0.15) is 12.5 Å². The Morgan fingerprint density at radius 3 is 2.29 bits per heavy atom. The van der Waals surface area contributed by atoms with Gasteiger partial charge in [0.15, 0.2) is 0 Å². The minimum absolute atomic E-state index is 0.142. The molecule has 17 heavy (non-hydrogen) atoms. The number of hydrogen-bond donors (Lipinski definition) is 3. The molecule has 0 aliphatic carbocycles. The Balaban J connectivity index is 3.00. The number of carbonyl (C=O) groups excluding carboxylic acids is 2. The van der Waals surface area contributed by atoms with Crippen molar-refractivity contribution in [2.75, 3.05) is 7.05 Å². The zero-order chi connectivity index (χ0) is 12.8. The largest absolute Gasteiger partial charge is 0.508 e. The van der Waals surface area contributed by atoms with E-state index in [0.29, 0.717) is 5.56 Å². The van der Waals surface area contributed by atoms with Crippen LogP contribution >= 0.6 is 0 Å². The number of benzene rings is 1. The van der Waals surface area contributed by atoms with Gasteiger partial charge in [0, 0.05) is 14.0 Å². The van der Waals surface area contributed by atoms with E-state index >= 15 is 0 Å². The van der Waals surface area contributed by atoms with Gasteiger partial charge in [0.05, 0.1) is 0 Å². The third kappa shape index (κ3) is 3.98. The first-order valence-electron chi connectivity index (χ1n) is 5.03. The molecule has 0 saturated heterocycles. The molecule has 5 nitrogen and oxygen atoms in total. The maximum Gasteiger partial charge on any atom is 0.267 e. The van der Waals surface area contributed by atoms with E-state index in [1.165, 1.54) is 32.2 Å². The predicted octanol–water partition coefficient (Wildman–Crippen LogP) is 0.615. The van der Waals surface area contributed by atoms with E-state index in [1.54, 1.807) is 12.1 Å². The number of phenolic OH excluding ortho intramolecular Hbond substituents is 1. The molecule has 1 rings (SSSR count). The van der Waals surface area contributed by atoms with Crippen LogP contribution in [0.15, 0.2) is 30.0 Å². The fourth-order valence-electron chi connectivity index (χ4n) is 1.22. The molecule has 0 aliphatic heterocycles. The Kier molecular flexibility index (Phi) is 4.28. The molecule has 2 amide bonds. The number of amides is 2. The molecule has 0 spiro atoms. The molecule has 90 valence electrons. The van der Waals surface area contributed by atoms with E-state index in [9.17, 15) is 9.59 Å². The normalized spacial score (nSPS) is 10.8. The van der Waals surface area contributed by atoms with Crippen LogP contribution in [0.5, 0.6) is 5.75 Å². The quantitative estimate of drug-likeness (QED) is 0.671. The van der Waals surface area contributed by atoms with Crippen LogP contribution in [-0.4, -0.2) is 24.0 Å². The van der Waals surface area contributed by atoms with E-state index < -0.39 is 0 Å². The monoisotopic (exact) mass is 234 g/mol. The average Bonchev–Trinajstić information content (AvgIpc) is 2.29. The highest BCUT2D eigenvalue weighted by Gasteiger charge is 2.08. The van der Waals surface area contributed by atoms with Crippen molar-refractivity contribution in [1.29, 1.82) is 0 Å². The lowest BCUT2D eigenvalue weighted by molar-refractivity contribution is -0.122. The van der Waals surface area contributed by atoms with Gasteiger partial charge in [0.25, 0.3) is 5.91 Å². The molecule has 1 aromatic rings. The summed E-state index contributed by atoms with van der Waals surface area (Å²) in [5.41, 5.74) is 0.862. The molecular formula is C12H14N2O3. The lowest BCUT2D eigenvalue weighted by atomic mass is 10.2. The van der Waals surface area contributed by atoms with Gasteiger partial charge in [0.2, 0.25) is 5.91 Å². The van der Waals surface area contributed by atoms with E-state index in [0.717, 1.165) is 0 Å². The van der Waals surface area contributed by atoms with E-state index in [2.05, 4.69) is 10.6 Å². The molecule has 0 saturated carbocycles. The predicted molar refractivity (Wildman–Crippen MR) is 64.0 cm³/mol. The minimum atomic E-state index is -0.381. The van der Waals surface area contributed by atoms with Crippen LogP contribution < -0.4 is 10.6 Å². The van der Waals surface area contributed by atoms with Gasteiger partial charge in [-0.05, 0) is 23.8 Å². The molecular weight excluding hydrogens is 220 g/mol. The van der Waals surface area contributed by atoms with Crippen molar-refractivity contribution in [1.82, 2.24) is 10.6 Å². The Bertz CT molecular complexity index is 449. The van der Waals surface area contributed by atoms with Crippen molar-refractivity contribution < 1.29 is 14.7 Å². The summed E-state index contributed by atoms with van der Waals surface area (Å²) in [5.74, 6) is -0.560. The minimum Gasteiger partial charge on any atom is -0.508 e. The summed E-state index contributed by atoms with van der Waals surface area (Å²) in [4.78, 5) is 22.4. The van der Waals surface area contributed by atoms with Crippen LogP contribution in [0.3, 0.4) is 0 Å². The second kappa shape index (κ2) is 5.69. The summed E-state index contributed by atoms with van der Waals surface area (Å²) < 4.78 is 0. The highest BCUT2D eigenvalue weighted by molar-refractivity contribution is 6.00. The molecule has 3 N–H and O–H groups in total. The fourth-order valence-corrected chi connectivity index (χ4v) is 1.22. The van der Waals surface area contributed by atoms with Gasteiger partial charge in [-0.3, -0.25) is 9.59 Å². The topological polar surface area (TPSA) is 78.4 Å². The van der Waals surface area contributed by atoms with Gasteiger partial charge in [-0.1, -0.05) is 12.1 Å². The Morgan fingerprint density at radius 1 is 1.24 bits per heavy atom. The molecule has 1 aromatic carbocycles. The van der Waals surface area contributed by atoms with E-state index in [4.69, 9.17) is 5.11 Å². The maximum absolute atomic E-state index is 11.5. The molecule has 0 unspecified atom stereocenters. The van der Waals surface area contributed by atoms with Crippen molar-refractivity contribution in [2.24, 2.45) is 0 Å². The highest BCUT2D eigenvalue weighted by atomic mass is 16.3. The fraction of sp³-hybridized carbons (Fsp3) is 0.167. The summed E-state index contributed by atoms with van der Waals surface area (Å²) in [5, 5.41) is 14.0. The SMILES string of the molecule is CNC(=O)/C(=C\c1ccc(O)cc1)NC(C)=O. The Hall–Kier alpha value is -2.30. The third-order valence-corrected chi connectivity index (χ3v) is 1.99. The van der Waals surface area contributed by atoms with Crippen LogP contribution in [0, 0.1) is 0 Å². The number of hydrogen-bond acceptors (Lipinski definition) is 3. The summed E-state index contributed by atoms with van der Waals surface area (Å²) in [7, 11) is 1.48. The number of rotatable bonds is 3. The lowest BCUT2D eigenvalue weighted by Gasteiger charge is -2.06. The molecule has 0 heterocycles. The molecule has 0 fully saturated rings. The molecule has 0 radical (unpaired) electrons. The number of aromatic hydroxyl groups is 1. The van der Waals surface area contributed by atoms with Crippen LogP contribution in [0.4, 0.5) is 0 Å². The summed E-state index contributed by atoms with van der Waals surface area (Å²) in [6.45, 7) is 1.33. The standard InChI is InChI=1S/C12H14N2O3/c1-8(15)14-11(12(17)13-2)7-9-3-5-10(16)6-4-9/h3-7,16H,1-2H3,(H,13,17)(H,14,15)/b11-7+. The van der Waals surface area contributed by atoms with Gasteiger partial charge in [0.1, 0.15) is 11.4 Å². The van der Waals surface area contributed by atoms with Crippen molar-refractivity contribution in [3.8, 4) is 5.75 Å². The second-order valence-electron chi connectivity index (χ2n) is 3.41. The summed E-state index contributed by atoms with van der Waals surface area (Å²) >= 11 is 0. The second-order valence-corrected chi connectivity index (χ2v) is 3.41. The number of likely N-dealkylation sites (N-methyl/N-ethyl adjacent to an activating group) is 1. The van der Waals surface area contributed by atoms with Gasteiger partial charge >= 0.3 is 0 Å². The first kappa shape index (κ1) is 12.8. The van der Waals surface area contributed by atoms with Crippen molar-refractivity contribution >= 4 is 17.9 Å². The van der Waals surface area contributed by atoms with Crippen LogP contribution in [-0.2, 0) is 9.59 Å². The van der Waals surface area contributed by atoms with Crippen molar-refractivity contribution in [2.45, 2.75) is 6.92 Å². The van der Waals surface area contributed by atoms with Gasteiger partial charge in [-0.25, -0.2) is 0 Å². The number of carbonyl (C=O) groups is 2. The molecule has 0 bridgehead atoms. The van der Waals surface area contributed by atoms with E-state index in [-0.39, 0.29) is 23.3 Å². The van der Waals surface area contributed by atoms with E-state index in [1.807, 2.05) is 0 Å².